The predicted octanol–water partition coefficient (Wildman–Crippen LogP) is 13.4. The number of hydrogen-bond acceptors (Lipinski definition) is 0. The van der Waals surface area contributed by atoms with Crippen molar-refractivity contribution in [3.63, 3.8) is 0 Å². The van der Waals surface area contributed by atoms with Gasteiger partial charge in [0.05, 0.1) is 0 Å². The molecule has 0 radical (unpaired) electrons. The van der Waals surface area contributed by atoms with Crippen molar-refractivity contribution >= 4 is 33.0 Å². The summed E-state index contributed by atoms with van der Waals surface area (Å²) in [6.07, 6.45) is 9.00. The van der Waals surface area contributed by atoms with Crippen LogP contribution in [0.2, 0.25) is 3.67 Å². The molecule has 0 unspecified atom stereocenters. The van der Waals surface area contributed by atoms with Gasteiger partial charge in [-0.3, -0.25) is 0 Å². The summed E-state index contributed by atoms with van der Waals surface area (Å²) in [6.45, 7) is 14.0. The molecule has 2 aliphatic carbocycles. The zero-order valence-electron chi connectivity index (χ0n) is 32.1. The van der Waals surface area contributed by atoms with Gasteiger partial charge >= 0.3 is 333 Å². The quantitative estimate of drug-likeness (QED) is 0.146. The first-order chi connectivity index (χ1) is 25.8. The van der Waals surface area contributed by atoms with Crippen LogP contribution in [0.15, 0.2) is 170 Å². The van der Waals surface area contributed by atoms with Gasteiger partial charge in [-0.15, -0.1) is 0 Å². The van der Waals surface area contributed by atoms with Crippen LogP contribution in [-0.4, -0.2) is 5.49 Å². The van der Waals surface area contributed by atoms with E-state index >= 15 is 0 Å². The second-order valence-electron chi connectivity index (χ2n) is 17.2. The van der Waals surface area contributed by atoms with Gasteiger partial charge in [-0.1, -0.05) is 0 Å². The molecule has 0 saturated carbocycles. The Labute approximate surface area is 330 Å². The van der Waals surface area contributed by atoms with Gasteiger partial charge in [0.1, 0.15) is 0 Å². The summed E-state index contributed by atoms with van der Waals surface area (Å²) in [7, 11) is 18.2. The molecule has 6 aromatic rings. The van der Waals surface area contributed by atoms with Gasteiger partial charge in [0, 0.05) is 0 Å². The third-order valence-corrected chi connectivity index (χ3v) is 64.7. The number of benzene rings is 6. The molecule has 0 aliphatic heterocycles. The summed E-state index contributed by atoms with van der Waals surface area (Å²) in [5, 5.41) is 2.56. The zero-order chi connectivity index (χ0) is 37.9. The molecule has 4 heteroatoms. The molecule has 8 rings (SSSR count). The molecule has 0 N–H and O–H groups in total. The van der Waals surface area contributed by atoms with E-state index in [2.05, 4.69) is 211 Å². The number of halogens is 2. The van der Waals surface area contributed by atoms with Gasteiger partial charge in [-0.25, -0.2) is 0 Å². The molecule has 6 aromatic carbocycles. The second-order valence-corrected chi connectivity index (χ2v) is 66.2. The predicted molar refractivity (Wildman–Crippen MR) is 234 cm³/mol. The van der Waals surface area contributed by atoms with Crippen LogP contribution in [0.1, 0.15) is 67.5 Å². The summed E-state index contributed by atoms with van der Waals surface area (Å²) in [6, 6.07) is 53.9. The van der Waals surface area contributed by atoms with Crippen LogP contribution >= 0.6 is 17.2 Å². The maximum atomic E-state index is 9.08. The monoisotopic (exact) mass is 926 g/mol. The van der Waals surface area contributed by atoms with E-state index in [4.69, 9.17) is 17.2 Å². The first-order valence-electron chi connectivity index (χ1n) is 19.2. The number of hydrogen-bond donors (Lipinski definition) is 0. The normalized spacial score (nSPS) is 14.7. The van der Waals surface area contributed by atoms with Crippen LogP contribution in [0.25, 0.3) is 33.4 Å². The average Bonchev–Trinajstić information content (AvgIpc) is 3.83. The summed E-state index contributed by atoms with van der Waals surface area (Å²) < 4.78 is -0.205. The van der Waals surface area contributed by atoms with Crippen molar-refractivity contribution in [2.45, 2.75) is 59.7 Å². The van der Waals surface area contributed by atoms with Crippen molar-refractivity contribution in [2.75, 3.05) is 0 Å². The fraction of sp³-hybridized carbons (Fsp3) is 0.200. The Morgan fingerprint density at radius 3 is 1.17 bits per heavy atom. The first-order valence-corrected chi connectivity index (χ1v) is 39.1. The summed E-state index contributed by atoms with van der Waals surface area (Å²) in [4.78, 5) is 0. The Kier molecular flexibility index (Phi) is 9.62. The molecule has 0 nitrogen and oxygen atoms in total. The molecular formula is C50H48Cl2HfSi. The molecule has 0 aromatic heterocycles. The SMILES string of the molecule is CC(C)(C)c1cc2c(cc1-c1ccccc1)[CH]([Hf]([Cl])([Cl])([CH]1C=CC=C1)=[Si](c1ccccc1)c1ccccc1)c1cc(-c3ccccc3)c(C(C)(C)C)cc1-2. The van der Waals surface area contributed by atoms with E-state index in [9.17, 15) is 0 Å². The van der Waals surface area contributed by atoms with E-state index in [0.29, 0.717) is 0 Å². The van der Waals surface area contributed by atoms with Crippen LogP contribution in [0, 0.1) is 0 Å². The minimum absolute atomic E-state index is 0.0478. The number of rotatable bonds is 6. The Hall–Kier alpha value is -3.53. The molecule has 0 spiro atoms. The van der Waals surface area contributed by atoms with E-state index in [1.807, 2.05) is 0 Å². The van der Waals surface area contributed by atoms with Gasteiger partial charge < -0.3 is 0 Å². The van der Waals surface area contributed by atoms with E-state index < -0.39 is 20.3 Å². The van der Waals surface area contributed by atoms with Gasteiger partial charge in [0.2, 0.25) is 0 Å². The third-order valence-electron chi connectivity index (χ3n) is 11.6. The minimum atomic E-state index is -5.58. The Bertz CT molecular complexity index is 2340. The van der Waals surface area contributed by atoms with Crippen molar-refractivity contribution in [1.82, 2.24) is 0 Å². The van der Waals surface area contributed by atoms with Crippen molar-refractivity contribution in [3.05, 3.63) is 192 Å². The van der Waals surface area contributed by atoms with Crippen LogP contribution in [0.5, 0.6) is 0 Å². The molecule has 0 saturated heterocycles. The summed E-state index contributed by atoms with van der Waals surface area (Å²) in [5.41, 5.74) is 10.8. The van der Waals surface area contributed by atoms with Crippen molar-refractivity contribution in [2.24, 2.45) is 0 Å². The zero-order valence-corrected chi connectivity index (χ0v) is 38.2. The fourth-order valence-corrected chi connectivity index (χ4v) is 66.0. The molecule has 54 heavy (non-hydrogen) atoms. The van der Waals surface area contributed by atoms with Crippen molar-refractivity contribution < 1.29 is 14.8 Å². The Balaban J connectivity index is 1.61. The molecule has 0 bridgehead atoms. The fourth-order valence-electron chi connectivity index (χ4n) is 9.08. The molecule has 2 aliphatic rings. The number of fused-ring (bicyclic) bond motifs is 3. The topological polar surface area (TPSA) is 0 Å². The Morgan fingerprint density at radius 2 is 0.815 bits per heavy atom. The van der Waals surface area contributed by atoms with E-state index in [1.165, 1.54) is 66.0 Å². The summed E-state index contributed by atoms with van der Waals surface area (Å²) >= 11 is -5.58. The Morgan fingerprint density at radius 1 is 0.463 bits per heavy atom. The first kappa shape index (κ1) is 37.4. The van der Waals surface area contributed by atoms with Gasteiger partial charge in [-0.2, -0.15) is 0 Å². The van der Waals surface area contributed by atoms with Crippen LogP contribution in [0.3, 0.4) is 0 Å². The number of allylic oxidation sites excluding steroid dienone is 4. The standard InChI is InChI=1S/C33H33.C12H10Si.C5H5.2ClH.Hf/c1-32(2,3)30-20-26-24(18-28(30)22-13-9-7-10-14-22)17-25-19-29(23-15-11-8-12-16-23)31(21-27(25)26)33(4,5)6;1-3-7-11(8-4-1)13-12-9-5-2-6-10-12;1-2-4-5-3-1;;;/h7-21H,1-6H3;1-10H;1-5H;2*1H;/q;;;;;+2/p-2. The molecule has 0 atom stereocenters. The second kappa shape index (κ2) is 13.9. The third kappa shape index (κ3) is 6.32. The van der Waals surface area contributed by atoms with Crippen LogP contribution < -0.4 is 10.4 Å². The molecule has 270 valence electrons. The molecular weight excluding hydrogens is 878 g/mol. The summed E-state index contributed by atoms with van der Waals surface area (Å²) in [5.74, 6) is 0. The molecule has 0 heterocycles. The van der Waals surface area contributed by atoms with Crippen molar-refractivity contribution in [1.29, 1.82) is 0 Å². The van der Waals surface area contributed by atoms with Crippen LogP contribution in [-0.2, 0) is 25.6 Å². The van der Waals surface area contributed by atoms with Gasteiger partial charge in [0.15, 0.2) is 0 Å². The van der Waals surface area contributed by atoms with E-state index in [1.54, 1.807) is 0 Å². The molecule has 0 fully saturated rings. The van der Waals surface area contributed by atoms with Crippen molar-refractivity contribution in [3.8, 4) is 33.4 Å². The van der Waals surface area contributed by atoms with E-state index in [-0.39, 0.29) is 18.2 Å². The average molecular weight is 926 g/mol. The molecule has 0 amide bonds. The van der Waals surface area contributed by atoms with Gasteiger partial charge in [-0.05, 0) is 0 Å². The maximum absolute atomic E-state index is 9.08. The van der Waals surface area contributed by atoms with Crippen LogP contribution in [0.4, 0.5) is 0 Å². The van der Waals surface area contributed by atoms with E-state index in [0.717, 1.165) is 0 Å². The van der Waals surface area contributed by atoms with Gasteiger partial charge in [0.25, 0.3) is 0 Å².